The third-order valence-electron chi connectivity index (χ3n) is 3.81. The van der Waals surface area contributed by atoms with Gasteiger partial charge in [0.15, 0.2) is 0 Å². The van der Waals surface area contributed by atoms with E-state index in [1.807, 2.05) is 0 Å². The highest BCUT2D eigenvalue weighted by atomic mass is 35.5. The maximum Gasteiger partial charge on any atom is 0.349 e. The summed E-state index contributed by atoms with van der Waals surface area (Å²) >= 11 is 5.80. The van der Waals surface area contributed by atoms with Crippen LogP contribution in [0, 0.1) is 0 Å². The molecule has 8 heteroatoms. The molecule has 2 N–H and O–H groups in total. The van der Waals surface area contributed by atoms with Gasteiger partial charge in [-0.2, -0.15) is 0 Å². The number of amides is 1. The molecule has 0 saturated carbocycles. The Kier molecular flexibility index (Phi) is 5.96. The first-order valence-electron chi connectivity index (χ1n) is 8.39. The van der Waals surface area contributed by atoms with Gasteiger partial charge in [-0.3, -0.25) is 9.59 Å². The molecule has 2 aromatic carbocycles. The summed E-state index contributed by atoms with van der Waals surface area (Å²) in [6, 6.07) is 12.8. The molecule has 3 rings (SSSR count). The van der Waals surface area contributed by atoms with E-state index in [1.54, 1.807) is 30.3 Å². The van der Waals surface area contributed by atoms with Crippen LogP contribution in [-0.2, 0) is 4.79 Å². The Morgan fingerprint density at radius 2 is 1.75 bits per heavy atom. The number of nitrogens with two attached hydrogens (primary N) is 1. The molecule has 144 valence electrons. The molecule has 1 amide bonds. The van der Waals surface area contributed by atoms with Gasteiger partial charge in [0.25, 0.3) is 5.91 Å². The van der Waals surface area contributed by atoms with Gasteiger partial charge < -0.3 is 19.6 Å². The Labute approximate surface area is 164 Å². The lowest BCUT2D eigenvalue weighted by atomic mass is 10.2. The van der Waals surface area contributed by atoms with Gasteiger partial charge in [-0.25, -0.2) is 4.79 Å². The fraction of sp³-hybridized carbons (Fsp3) is 0.150. The van der Waals surface area contributed by atoms with E-state index >= 15 is 0 Å². The Balaban J connectivity index is 1.55. The fourth-order valence-corrected chi connectivity index (χ4v) is 2.57. The maximum absolute atomic E-state index is 12.0. The molecule has 7 nitrogen and oxygen atoms in total. The quantitative estimate of drug-likeness (QED) is 0.281. The van der Waals surface area contributed by atoms with Gasteiger partial charge in [0.05, 0.1) is 6.61 Å². The second-order valence-corrected chi connectivity index (χ2v) is 6.33. The minimum atomic E-state index is -0.869. The number of carbonyl (C=O) groups is 2. The summed E-state index contributed by atoms with van der Waals surface area (Å²) in [7, 11) is 0. The van der Waals surface area contributed by atoms with Gasteiger partial charge in [-0.15, -0.1) is 0 Å². The average Bonchev–Trinajstić information content (AvgIpc) is 2.66. The van der Waals surface area contributed by atoms with Gasteiger partial charge in [0, 0.05) is 22.9 Å². The zero-order chi connectivity index (χ0) is 20.1. The summed E-state index contributed by atoms with van der Waals surface area (Å²) in [5, 5.41) is 1.11. The van der Waals surface area contributed by atoms with Gasteiger partial charge >= 0.3 is 11.6 Å². The molecular formula is C20H16ClNO6. The van der Waals surface area contributed by atoms with Crippen molar-refractivity contribution in [1.82, 2.24) is 0 Å². The van der Waals surface area contributed by atoms with Gasteiger partial charge in [-0.05, 0) is 48.9 Å². The summed E-state index contributed by atoms with van der Waals surface area (Å²) in [5.74, 6) is -0.425. The van der Waals surface area contributed by atoms with E-state index in [-0.39, 0.29) is 23.3 Å². The molecule has 0 aliphatic rings. The lowest BCUT2D eigenvalue weighted by molar-refractivity contribution is -0.134. The number of hydrogen-bond acceptors (Lipinski definition) is 6. The predicted octanol–water partition coefficient (Wildman–Crippen LogP) is 3.31. The van der Waals surface area contributed by atoms with Crippen molar-refractivity contribution in [3.05, 3.63) is 69.5 Å². The lowest BCUT2D eigenvalue weighted by Gasteiger charge is -2.07. The van der Waals surface area contributed by atoms with Crippen molar-refractivity contribution in [1.29, 1.82) is 0 Å². The number of hydrogen-bond donors (Lipinski definition) is 1. The van der Waals surface area contributed by atoms with Crippen LogP contribution in [0.1, 0.15) is 23.2 Å². The van der Waals surface area contributed by atoms with Crippen molar-refractivity contribution in [3.8, 4) is 11.5 Å². The molecule has 0 aliphatic heterocycles. The van der Waals surface area contributed by atoms with Crippen molar-refractivity contribution in [2.75, 3.05) is 6.61 Å². The Morgan fingerprint density at radius 1 is 1.04 bits per heavy atom. The van der Waals surface area contributed by atoms with Gasteiger partial charge in [0.1, 0.15) is 22.6 Å². The highest BCUT2D eigenvalue weighted by Gasteiger charge is 2.12. The monoisotopic (exact) mass is 401 g/mol. The SMILES string of the molecule is NC(=O)c1cc2ccc(OC(=O)CCCOc3ccc(Cl)cc3)cc2oc1=O. The van der Waals surface area contributed by atoms with E-state index in [0.717, 1.165) is 0 Å². The Bertz CT molecular complexity index is 1070. The van der Waals surface area contributed by atoms with Crippen LogP contribution in [0.5, 0.6) is 11.5 Å². The van der Waals surface area contributed by atoms with Crippen molar-refractivity contribution in [3.63, 3.8) is 0 Å². The number of ether oxygens (including phenoxy) is 2. The minimum Gasteiger partial charge on any atom is -0.494 e. The smallest absolute Gasteiger partial charge is 0.349 e. The van der Waals surface area contributed by atoms with Crippen molar-refractivity contribution >= 4 is 34.4 Å². The normalized spacial score (nSPS) is 10.6. The molecule has 0 unspecified atom stereocenters. The molecule has 1 aromatic heterocycles. The van der Waals surface area contributed by atoms with Crippen LogP contribution in [-0.4, -0.2) is 18.5 Å². The molecule has 0 saturated heterocycles. The predicted molar refractivity (Wildman–Crippen MR) is 103 cm³/mol. The van der Waals surface area contributed by atoms with E-state index < -0.39 is 17.5 Å². The van der Waals surface area contributed by atoms with Gasteiger partial charge in [-0.1, -0.05) is 11.6 Å². The third-order valence-corrected chi connectivity index (χ3v) is 4.06. The molecule has 0 atom stereocenters. The number of rotatable bonds is 7. The molecule has 3 aromatic rings. The van der Waals surface area contributed by atoms with E-state index in [0.29, 0.717) is 29.2 Å². The van der Waals surface area contributed by atoms with E-state index in [9.17, 15) is 14.4 Å². The molecular weight excluding hydrogens is 386 g/mol. The van der Waals surface area contributed by atoms with Crippen LogP contribution < -0.4 is 20.8 Å². The number of esters is 1. The highest BCUT2D eigenvalue weighted by Crippen LogP contribution is 2.21. The van der Waals surface area contributed by atoms with Crippen LogP contribution >= 0.6 is 11.6 Å². The molecule has 0 aliphatic carbocycles. The summed E-state index contributed by atoms with van der Waals surface area (Å²) in [4.78, 5) is 34.9. The first-order chi connectivity index (χ1) is 13.4. The first-order valence-corrected chi connectivity index (χ1v) is 8.77. The number of fused-ring (bicyclic) bond motifs is 1. The second kappa shape index (κ2) is 8.58. The summed E-state index contributed by atoms with van der Waals surface area (Å²) < 4.78 is 15.8. The standard InChI is InChI=1S/C20H16ClNO6/c21-13-4-7-14(8-5-13)26-9-1-2-18(23)27-15-6-3-12-10-16(19(22)24)20(25)28-17(12)11-15/h3-8,10-11H,1-2,9H2,(H2,22,24). The van der Waals surface area contributed by atoms with Crippen LogP contribution in [0.4, 0.5) is 0 Å². The van der Waals surface area contributed by atoms with Crippen LogP contribution in [0.2, 0.25) is 5.02 Å². The van der Waals surface area contributed by atoms with Crippen molar-refractivity contribution in [2.24, 2.45) is 5.73 Å². The number of halogens is 1. The van der Waals surface area contributed by atoms with E-state index in [1.165, 1.54) is 18.2 Å². The summed E-state index contributed by atoms with van der Waals surface area (Å²) in [6.07, 6.45) is 0.613. The van der Waals surface area contributed by atoms with Crippen molar-refractivity contribution < 1.29 is 23.5 Å². The molecule has 0 radical (unpaired) electrons. The topological polar surface area (TPSA) is 109 Å². The number of carbonyl (C=O) groups excluding carboxylic acids is 2. The van der Waals surface area contributed by atoms with Gasteiger partial charge in [0.2, 0.25) is 0 Å². The molecule has 0 bridgehead atoms. The summed E-state index contributed by atoms with van der Waals surface area (Å²) in [5.41, 5.74) is 4.22. The zero-order valence-electron chi connectivity index (χ0n) is 14.6. The molecule has 0 fully saturated rings. The molecule has 1 heterocycles. The van der Waals surface area contributed by atoms with E-state index in [2.05, 4.69) is 0 Å². The maximum atomic E-state index is 12.0. The Morgan fingerprint density at radius 3 is 2.46 bits per heavy atom. The third kappa shape index (κ3) is 4.89. The fourth-order valence-electron chi connectivity index (χ4n) is 2.45. The molecule has 0 spiro atoms. The van der Waals surface area contributed by atoms with Crippen LogP contribution in [0.15, 0.2) is 57.7 Å². The van der Waals surface area contributed by atoms with Crippen LogP contribution in [0.25, 0.3) is 11.0 Å². The number of benzene rings is 2. The zero-order valence-corrected chi connectivity index (χ0v) is 15.4. The highest BCUT2D eigenvalue weighted by molar-refractivity contribution is 6.30. The Hall–Kier alpha value is -3.32. The minimum absolute atomic E-state index is 0.149. The lowest BCUT2D eigenvalue weighted by Crippen LogP contribution is -2.20. The summed E-state index contributed by atoms with van der Waals surface area (Å²) in [6.45, 7) is 0.346. The molecule has 28 heavy (non-hydrogen) atoms. The van der Waals surface area contributed by atoms with E-state index in [4.69, 9.17) is 31.2 Å². The largest absolute Gasteiger partial charge is 0.494 e. The van der Waals surface area contributed by atoms with Crippen molar-refractivity contribution in [2.45, 2.75) is 12.8 Å². The average molecular weight is 402 g/mol. The number of primary amides is 1. The van der Waals surface area contributed by atoms with Crippen LogP contribution in [0.3, 0.4) is 0 Å². The first kappa shape index (κ1) is 19.4. The second-order valence-electron chi connectivity index (χ2n) is 5.89.